The molecule has 39 heavy (non-hydrogen) atoms. The number of amides is 4. The van der Waals surface area contributed by atoms with Crippen LogP contribution in [0.3, 0.4) is 0 Å². The Morgan fingerprint density at radius 1 is 1.23 bits per heavy atom. The second kappa shape index (κ2) is 10.8. The van der Waals surface area contributed by atoms with Gasteiger partial charge in [-0.2, -0.15) is 5.10 Å². The summed E-state index contributed by atoms with van der Waals surface area (Å²) in [4.78, 5) is 32.7. The first kappa shape index (κ1) is 28.3. The molecule has 1 aromatic rings. The van der Waals surface area contributed by atoms with Gasteiger partial charge in [0.25, 0.3) is 0 Å². The van der Waals surface area contributed by atoms with Crippen molar-refractivity contribution in [3.05, 3.63) is 58.5 Å². The number of aryl methyl sites for hydroxylation is 2. The number of hydrogen-bond donors (Lipinski definition) is 1. The van der Waals surface area contributed by atoms with E-state index in [-0.39, 0.29) is 18.0 Å². The van der Waals surface area contributed by atoms with E-state index in [9.17, 15) is 9.59 Å². The lowest BCUT2D eigenvalue weighted by atomic mass is 9.82. The van der Waals surface area contributed by atoms with Crippen LogP contribution in [0.15, 0.2) is 47.1 Å². The first-order chi connectivity index (χ1) is 18.5. The molecule has 1 unspecified atom stereocenters. The Balaban J connectivity index is 1.61. The van der Waals surface area contributed by atoms with Crippen LogP contribution in [0.1, 0.15) is 45.0 Å². The molecule has 4 heterocycles. The number of methoxy groups -OCH3 is 2. The summed E-state index contributed by atoms with van der Waals surface area (Å²) >= 11 is 0. The predicted octanol–water partition coefficient (Wildman–Crippen LogP) is 4.70. The van der Waals surface area contributed by atoms with Gasteiger partial charge in [0, 0.05) is 56.5 Å². The van der Waals surface area contributed by atoms with E-state index < -0.39 is 5.54 Å². The van der Waals surface area contributed by atoms with E-state index in [1.807, 2.05) is 42.5 Å². The number of nitrogens with one attached hydrogen (secondary N) is 1. The standard InChI is InChI=1S/C29H42N6O4/c1-10-35-28(37)34-17-19(3)25(23(39-9)16-20(4)38-8)18(2)15-24(34)29(35)11-13-33(14-12-29)27(36)30-26-21(5)31-32(7)22(26)6/h15-16,18H,4,10-14,17H2,1-3,5-9H3,(H,30,36). The number of allylic oxidation sites excluding steroid dienone is 3. The Morgan fingerprint density at radius 3 is 2.44 bits per heavy atom. The minimum atomic E-state index is -0.459. The molecule has 1 N–H and O–H groups in total. The number of ether oxygens (including phenoxy) is 2. The molecule has 0 radical (unpaired) electrons. The molecule has 0 bridgehead atoms. The number of hydrogen-bond acceptors (Lipinski definition) is 5. The van der Waals surface area contributed by atoms with Gasteiger partial charge in [0.15, 0.2) is 0 Å². The fourth-order valence-electron chi connectivity index (χ4n) is 6.32. The summed E-state index contributed by atoms with van der Waals surface area (Å²) in [5.41, 5.74) is 5.12. The lowest BCUT2D eigenvalue weighted by Crippen LogP contribution is -2.55. The molecule has 2 fully saturated rings. The van der Waals surface area contributed by atoms with E-state index in [2.05, 4.69) is 36.9 Å². The molecule has 1 atom stereocenters. The summed E-state index contributed by atoms with van der Waals surface area (Å²) < 4.78 is 12.8. The Morgan fingerprint density at radius 2 is 1.90 bits per heavy atom. The fraction of sp³-hybridized carbons (Fsp3) is 0.552. The minimum Gasteiger partial charge on any atom is -0.497 e. The average molecular weight is 539 g/mol. The zero-order valence-electron chi connectivity index (χ0n) is 24.6. The number of carbonyl (C=O) groups excluding carboxylic acids is 2. The Hall–Kier alpha value is -3.69. The molecule has 1 spiro atoms. The van der Waals surface area contributed by atoms with Gasteiger partial charge in [-0.15, -0.1) is 0 Å². The minimum absolute atomic E-state index is 0.000182. The zero-order chi connectivity index (χ0) is 28.6. The maximum absolute atomic E-state index is 13.8. The molecule has 0 aromatic carbocycles. The van der Waals surface area contributed by atoms with E-state index in [1.165, 1.54) is 0 Å². The molecular formula is C29H42N6O4. The highest BCUT2D eigenvalue weighted by atomic mass is 16.5. The van der Waals surface area contributed by atoms with Crippen molar-refractivity contribution < 1.29 is 19.1 Å². The van der Waals surface area contributed by atoms with Gasteiger partial charge in [0.05, 0.1) is 36.8 Å². The molecule has 2 saturated heterocycles. The van der Waals surface area contributed by atoms with Crippen molar-refractivity contribution in [2.24, 2.45) is 13.0 Å². The van der Waals surface area contributed by atoms with Crippen molar-refractivity contribution >= 4 is 17.7 Å². The smallest absolute Gasteiger partial charge is 0.325 e. The molecular weight excluding hydrogens is 496 g/mol. The van der Waals surface area contributed by atoms with Crippen molar-refractivity contribution in [1.29, 1.82) is 0 Å². The van der Waals surface area contributed by atoms with E-state index >= 15 is 0 Å². The van der Waals surface area contributed by atoms with Crippen molar-refractivity contribution in [1.82, 2.24) is 24.5 Å². The molecule has 4 amide bonds. The first-order valence-corrected chi connectivity index (χ1v) is 13.5. The highest BCUT2D eigenvalue weighted by molar-refractivity contribution is 5.91. The number of likely N-dealkylation sites (N-methyl/N-ethyl adjacent to an activating group) is 1. The van der Waals surface area contributed by atoms with Crippen LogP contribution in [0.25, 0.3) is 0 Å². The van der Waals surface area contributed by atoms with Gasteiger partial charge in [0.1, 0.15) is 11.5 Å². The second-order valence-corrected chi connectivity index (χ2v) is 10.6. The first-order valence-electron chi connectivity index (χ1n) is 13.5. The summed E-state index contributed by atoms with van der Waals surface area (Å²) in [6.45, 7) is 16.1. The van der Waals surface area contributed by atoms with Crippen LogP contribution in [0.2, 0.25) is 0 Å². The maximum atomic E-state index is 13.8. The molecule has 1 aromatic heterocycles. The molecule has 4 rings (SSSR count). The molecule has 10 nitrogen and oxygen atoms in total. The number of piperidine rings is 1. The molecule has 3 aliphatic rings. The average Bonchev–Trinajstić information content (AvgIpc) is 3.19. The number of nitrogens with zero attached hydrogens (tertiary/aromatic N) is 5. The third-order valence-corrected chi connectivity index (χ3v) is 8.44. The molecule has 0 aliphatic carbocycles. The Bertz CT molecular complexity index is 1260. The second-order valence-electron chi connectivity index (χ2n) is 10.6. The highest BCUT2D eigenvalue weighted by Gasteiger charge is 2.55. The lowest BCUT2D eigenvalue weighted by molar-refractivity contribution is 0.106. The monoisotopic (exact) mass is 538 g/mol. The maximum Gasteiger partial charge on any atom is 0.325 e. The number of carbonyl (C=O) groups is 2. The third-order valence-electron chi connectivity index (χ3n) is 8.44. The summed E-state index contributed by atoms with van der Waals surface area (Å²) in [5, 5.41) is 7.47. The van der Waals surface area contributed by atoms with E-state index in [1.54, 1.807) is 25.0 Å². The summed E-state index contributed by atoms with van der Waals surface area (Å²) in [5.74, 6) is 1.19. The number of anilines is 1. The number of aromatic nitrogens is 2. The van der Waals surface area contributed by atoms with Crippen LogP contribution < -0.4 is 5.32 Å². The number of urea groups is 2. The Kier molecular flexibility index (Phi) is 7.86. The van der Waals surface area contributed by atoms with Crippen LogP contribution in [-0.4, -0.2) is 82.5 Å². The largest absolute Gasteiger partial charge is 0.497 e. The van der Waals surface area contributed by atoms with Crippen molar-refractivity contribution in [3.8, 4) is 0 Å². The van der Waals surface area contributed by atoms with Crippen LogP contribution in [-0.2, 0) is 16.5 Å². The van der Waals surface area contributed by atoms with Crippen molar-refractivity contribution in [2.75, 3.05) is 45.7 Å². The molecule has 0 saturated carbocycles. The molecule has 3 aliphatic heterocycles. The van der Waals surface area contributed by atoms with Crippen LogP contribution in [0.5, 0.6) is 0 Å². The van der Waals surface area contributed by atoms with Gasteiger partial charge in [-0.3, -0.25) is 9.58 Å². The van der Waals surface area contributed by atoms with Gasteiger partial charge in [-0.25, -0.2) is 9.59 Å². The van der Waals surface area contributed by atoms with Crippen LogP contribution >= 0.6 is 0 Å². The van der Waals surface area contributed by atoms with Crippen molar-refractivity contribution in [2.45, 2.75) is 53.0 Å². The third kappa shape index (κ3) is 4.81. The van der Waals surface area contributed by atoms with E-state index in [0.29, 0.717) is 50.5 Å². The number of rotatable bonds is 6. The SMILES string of the molecule is C=C(C=C(OC)C1=C(C)CN2C(=O)N(CC)C3(CCN(C(=O)Nc4c(C)nn(C)c4C)CC3)C2=CC1C)OC. The van der Waals surface area contributed by atoms with Gasteiger partial charge >= 0.3 is 12.1 Å². The zero-order valence-corrected chi connectivity index (χ0v) is 24.6. The van der Waals surface area contributed by atoms with E-state index in [4.69, 9.17) is 9.47 Å². The molecule has 10 heteroatoms. The van der Waals surface area contributed by atoms with E-state index in [0.717, 1.165) is 33.9 Å². The fourth-order valence-corrected chi connectivity index (χ4v) is 6.32. The number of likely N-dealkylation sites (tertiary alicyclic amines) is 1. The van der Waals surface area contributed by atoms with Gasteiger partial charge < -0.3 is 24.6 Å². The van der Waals surface area contributed by atoms with Gasteiger partial charge in [0.2, 0.25) is 0 Å². The van der Waals surface area contributed by atoms with Crippen LogP contribution in [0.4, 0.5) is 15.3 Å². The highest BCUT2D eigenvalue weighted by Crippen LogP contribution is 2.47. The van der Waals surface area contributed by atoms with Crippen LogP contribution in [0, 0.1) is 19.8 Å². The normalized spacial score (nSPS) is 21.2. The summed E-state index contributed by atoms with van der Waals surface area (Å²) in [6, 6.07) is -0.121. The van der Waals surface area contributed by atoms with Gasteiger partial charge in [-0.05, 0) is 46.1 Å². The quantitative estimate of drug-likeness (QED) is 0.419. The predicted molar refractivity (Wildman–Crippen MR) is 151 cm³/mol. The summed E-state index contributed by atoms with van der Waals surface area (Å²) in [6.07, 6.45) is 5.34. The topological polar surface area (TPSA) is 92.2 Å². The number of fused-ring (bicyclic) bond motifs is 2. The summed E-state index contributed by atoms with van der Waals surface area (Å²) in [7, 11) is 5.09. The molecule has 212 valence electrons. The lowest BCUT2D eigenvalue weighted by Gasteiger charge is -2.44. The van der Waals surface area contributed by atoms with Crippen molar-refractivity contribution in [3.63, 3.8) is 0 Å². The van der Waals surface area contributed by atoms with Gasteiger partial charge in [-0.1, -0.05) is 19.6 Å². The Labute approximate surface area is 231 Å².